The number of benzene rings is 4. The first kappa shape index (κ1) is 27.4. The van der Waals surface area contributed by atoms with Gasteiger partial charge in [-0.2, -0.15) is 4.39 Å². The first-order valence-corrected chi connectivity index (χ1v) is 12.5. The van der Waals surface area contributed by atoms with Crippen LogP contribution in [0.4, 0.5) is 10.1 Å². The molecule has 0 unspecified atom stereocenters. The van der Waals surface area contributed by atoms with Gasteiger partial charge < -0.3 is 19.3 Å². The fraction of sp³-hybridized carbons (Fsp3) is 0.226. The second-order valence-corrected chi connectivity index (χ2v) is 9.10. The Balaban J connectivity index is 1.66. The maximum atomic E-state index is 13.8. The zero-order valence-corrected chi connectivity index (χ0v) is 22.1. The van der Waals surface area contributed by atoms with Crippen LogP contribution in [0.2, 0.25) is 0 Å². The summed E-state index contributed by atoms with van der Waals surface area (Å²) >= 11 is 0. The highest BCUT2D eigenvalue weighted by Gasteiger charge is 2.16. The molecule has 4 aromatic carbocycles. The number of nitro benzene ring substituents is 1. The molecule has 202 valence electrons. The fourth-order valence-electron chi connectivity index (χ4n) is 4.64. The highest BCUT2D eigenvalue weighted by atomic mass is 19.1. The monoisotopic (exact) mass is 531 g/mol. The van der Waals surface area contributed by atoms with Gasteiger partial charge in [0.2, 0.25) is 5.82 Å². The molecule has 0 aliphatic rings. The van der Waals surface area contributed by atoms with E-state index in [9.17, 15) is 19.6 Å². The molecule has 0 radical (unpaired) electrons. The van der Waals surface area contributed by atoms with Crippen molar-refractivity contribution in [3.63, 3.8) is 0 Å². The number of nitro groups is 1. The Kier molecular flexibility index (Phi) is 8.66. The molecule has 0 atom stereocenters. The zero-order valence-electron chi connectivity index (χ0n) is 22.1. The number of methoxy groups -OCH3 is 3. The van der Waals surface area contributed by atoms with Crippen molar-refractivity contribution < 1.29 is 28.6 Å². The molecule has 4 aromatic rings. The molecule has 0 aliphatic carbocycles. The minimum absolute atomic E-state index is 0.0966. The number of halogens is 1. The molecule has 0 bridgehead atoms. The fourth-order valence-corrected chi connectivity index (χ4v) is 4.64. The SMILES string of the molecule is COc1ccc(-c2ccc(OC)cc2CCc2ccc(F)c([N+](=O)[O-])c2)c(CCc2ccc(OC)c(O)c2)c1. The van der Waals surface area contributed by atoms with Crippen molar-refractivity contribution in [2.45, 2.75) is 25.7 Å². The number of rotatable bonds is 11. The third-order valence-electron chi connectivity index (χ3n) is 6.73. The summed E-state index contributed by atoms with van der Waals surface area (Å²) in [7, 11) is 4.74. The van der Waals surface area contributed by atoms with Gasteiger partial charge in [-0.1, -0.05) is 24.3 Å². The van der Waals surface area contributed by atoms with Gasteiger partial charge in [-0.25, -0.2) is 0 Å². The van der Waals surface area contributed by atoms with Crippen LogP contribution in [0.5, 0.6) is 23.0 Å². The molecule has 0 aliphatic heterocycles. The molecule has 7 nitrogen and oxygen atoms in total. The summed E-state index contributed by atoms with van der Waals surface area (Å²) in [5.41, 5.74) is 5.20. The molecule has 0 aromatic heterocycles. The third kappa shape index (κ3) is 6.46. The number of phenolic OH excluding ortho intramolecular Hbond substituents is 1. The Morgan fingerprint density at radius 1 is 0.718 bits per heavy atom. The van der Waals surface area contributed by atoms with Crippen LogP contribution in [0, 0.1) is 15.9 Å². The topological polar surface area (TPSA) is 91.1 Å². The number of ether oxygens (including phenoxy) is 3. The number of hydrogen-bond acceptors (Lipinski definition) is 6. The molecule has 0 spiro atoms. The van der Waals surface area contributed by atoms with Crippen LogP contribution in [0.1, 0.15) is 22.3 Å². The summed E-state index contributed by atoms with van der Waals surface area (Å²) in [5.74, 6) is 1.11. The molecule has 0 saturated heterocycles. The standard InChI is InChI=1S/C31H30FNO6/c1-37-24-10-12-26(22(18-24)8-4-20-6-14-28(32)29(16-20)33(35)36)27-13-11-25(38-2)19-23(27)9-5-21-7-15-31(39-3)30(34)17-21/h6-7,10-19,34H,4-5,8-9H2,1-3H3. The van der Waals surface area contributed by atoms with Gasteiger partial charge in [0.15, 0.2) is 11.5 Å². The predicted molar refractivity (Wildman–Crippen MR) is 148 cm³/mol. The van der Waals surface area contributed by atoms with E-state index in [4.69, 9.17) is 14.2 Å². The number of phenols is 1. The van der Waals surface area contributed by atoms with E-state index >= 15 is 0 Å². The van der Waals surface area contributed by atoms with Crippen molar-refractivity contribution in [1.29, 1.82) is 0 Å². The summed E-state index contributed by atoms with van der Waals surface area (Å²) in [6.45, 7) is 0. The van der Waals surface area contributed by atoms with Crippen LogP contribution in [0.15, 0.2) is 72.8 Å². The smallest absolute Gasteiger partial charge is 0.305 e. The van der Waals surface area contributed by atoms with Crippen LogP contribution in [-0.2, 0) is 25.7 Å². The van der Waals surface area contributed by atoms with Gasteiger partial charge in [-0.05, 0) is 102 Å². The van der Waals surface area contributed by atoms with Gasteiger partial charge in [0.1, 0.15) is 11.5 Å². The van der Waals surface area contributed by atoms with Gasteiger partial charge >= 0.3 is 5.69 Å². The van der Waals surface area contributed by atoms with Crippen LogP contribution >= 0.6 is 0 Å². The summed E-state index contributed by atoms with van der Waals surface area (Å²) in [5, 5.41) is 21.4. The second kappa shape index (κ2) is 12.3. The lowest BCUT2D eigenvalue weighted by atomic mass is 9.90. The quantitative estimate of drug-likeness (QED) is 0.171. The van der Waals surface area contributed by atoms with Crippen molar-refractivity contribution in [2.24, 2.45) is 0 Å². The lowest BCUT2D eigenvalue weighted by Crippen LogP contribution is -2.01. The van der Waals surface area contributed by atoms with Crippen LogP contribution < -0.4 is 14.2 Å². The predicted octanol–water partition coefficient (Wildman–Crippen LogP) is 6.70. The van der Waals surface area contributed by atoms with Crippen molar-refractivity contribution in [3.8, 4) is 34.1 Å². The van der Waals surface area contributed by atoms with Crippen molar-refractivity contribution in [2.75, 3.05) is 21.3 Å². The molecule has 0 fully saturated rings. The number of hydrogen-bond donors (Lipinski definition) is 1. The number of aromatic hydroxyl groups is 1. The van der Waals surface area contributed by atoms with E-state index in [1.807, 2.05) is 42.5 Å². The van der Waals surface area contributed by atoms with Crippen LogP contribution in [0.25, 0.3) is 11.1 Å². The van der Waals surface area contributed by atoms with Gasteiger partial charge in [-0.15, -0.1) is 0 Å². The van der Waals surface area contributed by atoms with Crippen molar-refractivity contribution in [1.82, 2.24) is 0 Å². The molecule has 39 heavy (non-hydrogen) atoms. The minimum atomic E-state index is -0.848. The number of nitrogens with zero attached hydrogens (tertiary/aromatic N) is 1. The van der Waals surface area contributed by atoms with E-state index in [-0.39, 0.29) is 5.75 Å². The normalized spacial score (nSPS) is 10.8. The van der Waals surface area contributed by atoms with Gasteiger partial charge in [0.05, 0.1) is 26.3 Å². The Labute approximate surface area is 226 Å². The van der Waals surface area contributed by atoms with E-state index in [2.05, 4.69) is 0 Å². The first-order valence-electron chi connectivity index (χ1n) is 12.5. The summed E-state index contributed by atoms with van der Waals surface area (Å²) in [6, 6.07) is 21.2. The van der Waals surface area contributed by atoms with E-state index in [1.165, 1.54) is 13.2 Å². The molecule has 8 heteroatoms. The highest BCUT2D eigenvalue weighted by Crippen LogP contribution is 2.34. The molecule has 1 N–H and O–H groups in total. The molecular weight excluding hydrogens is 501 g/mol. The summed E-state index contributed by atoms with van der Waals surface area (Å²) < 4.78 is 30.0. The van der Waals surface area contributed by atoms with Gasteiger partial charge in [-0.3, -0.25) is 10.1 Å². The Bertz CT molecular complexity index is 1490. The maximum Gasteiger partial charge on any atom is 0.305 e. The maximum absolute atomic E-state index is 13.8. The van der Waals surface area contributed by atoms with Gasteiger partial charge in [0.25, 0.3) is 0 Å². The van der Waals surface area contributed by atoms with Gasteiger partial charge in [0, 0.05) is 6.07 Å². The largest absolute Gasteiger partial charge is 0.504 e. The minimum Gasteiger partial charge on any atom is -0.504 e. The molecule has 0 amide bonds. The molecule has 0 heterocycles. The Morgan fingerprint density at radius 3 is 1.74 bits per heavy atom. The van der Waals surface area contributed by atoms with E-state index < -0.39 is 16.4 Å². The van der Waals surface area contributed by atoms with Crippen molar-refractivity contribution in [3.05, 3.63) is 111 Å². The lowest BCUT2D eigenvalue weighted by Gasteiger charge is -2.17. The number of aryl methyl sites for hydroxylation is 4. The summed E-state index contributed by atoms with van der Waals surface area (Å²) in [6.07, 6.45) is 2.42. The van der Waals surface area contributed by atoms with Crippen molar-refractivity contribution >= 4 is 5.69 Å². The highest BCUT2D eigenvalue weighted by molar-refractivity contribution is 5.73. The Morgan fingerprint density at radius 2 is 1.26 bits per heavy atom. The third-order valence-corrected chi connectivity index (χ3v) is 6.73. The van der Waals surface area contributed by atoms with Crippen LogP contribution in [-0.4, -0.2) is 31.4 Å². The van der Waals surface area contributed by atoms with E-state index in [0.717, 1.165) is 39.6 Å². The average Bonchev–Trinajstić information content (AvgIpc) is 2.95. The molecular formula is C31H30FNO6. The van der Waals surface area contributed by atoms with E-state index in [0.29, 0.717) is 42.7 Å². The summed E-state index contributed by atoms with van der Waals surface area (Å²) in [4.78, 5) is 10.5. The Hall–Kier alpha value is -4.59. The zero-order chi connectivity index (χ0) is 27.9. The second-order valence-electron chi connectivity index (χ2n) is 9.10. The lowest BCUT2D eigenvalue weighted by molar-refractivity contribution is -0.387. The van der Waals surface area contributed by atoms with E-state index in [1.54, 1.807) is 32.4 Å². The first-order chi connectivity index (χ1) is 18.8. The molecule has 4 rings (SSSR count). The molecule has 0 saturated carbocycles. The average molecular weight is 532 g/mol. The van der Waals surface area contributed by atoms with Crippen LogP contribution in [0.3, 0.4) is 0 Å².